The van der Waals surface area contributed by atoms with Crippen molar-refractivity contribution in [3.05, 3.63) is 0 Å². The minimum Gasteiger partial charge on any atom is -0.383 e. The molecular formula is C10H17NO. The van der Waals surface area contributed by atoms with Crippen LogP contribution in [0.15, 0.2) is 0 Å². The lowest BCUT2D eigenvalue weighted by Crippen LogP contribution is -2.48. The fourth-order valence-corrected chi connectivity index (χ4v) is 2.86. The van der Waals surface area contributed by atoms with E-state index in [1.54, 1.807) is 0 Å². The minimum absolute atomic E-state index is 0.0301. The highest BCUT2D eigenvalue weighted by atomic mass is 16.3. The molecule has 0 heterocycles. The highest BCUT2D eigenvalue weighted by molar-refractivity contribution is 5.93. The van der Waals surface area contributed by atoms with E-state index in [4.69, 9.17) is 5.41 Å². The molecule has 2 heteroatoms. The molecule has 2 aliphatic carbocycles. The third-order valence-corrected chi connectivity index (χ3v) is 3.94. The average molecular weight is 167 g/mol. The van der Waals surface area contributed by atoms with Gasteiger partial charge in [0.2, 0.25) is 0 Å². The lowest BCUT2D eigenvalue weighted by molar-refractivity contribution is -0.0379. The van der Waals surface area contributed by atoms with Crippen LogP contribution in [0.2, 0.25) is 0 Å². The Labute approximate surface area is 73.5 Å². The molecule has 2 saturated carbocycles. The summed E-state index contributed by atoms with van der Waals surface area (Å²) < 4.78 is 0. The Hall–Kier alpha value is -0.370. The van der Waals surface area contributed by atoms with E-state index in [0.717, 1.165) is 32.1 Å². The zero-order valence-corrected chi connectivity index (χ0v) is 7.69. The normalized spacial score (nSPS) is 47.7. The molecule has 0 bridgehead atoms. The monoisotopic (exact) mass is 167 g/mol. The summed E-state index contributed by atoms with van der Waals surface area (Å²) in [5.74, 6) is 0. The molecule has 12 heavy (non-hydrogen) atoms. The van der Waals surface area contributed by atoms with Gasteiger partial charge in [0.15, 0.2) is 0 Å². The van der Waals surface area contributed by atoms with Gasteiger partial charge >= 0.3 is 0 Å². The fraction of sp³-hybridized carbons (Fsp3) is 0.900. The van der Waals surface area contributed by atoms with Crippen LogP contribution >= 0.6 is 0 Å². The van der Waals surface area contributed by atoms with Crippen molar-refractivity contribution >= 4 is 5.71 Å². The predicted octanol–water partition coefficient (Wildman–Crippen LogP) is 2.11. The van der Waals surface area contributed by atoms with Gasteiger partial charge in [-0.3, -0.25) is 0 Å². The lowest BCUT2D eigenvalue weighted by Gasteiger charge is -2.43. The summed E-state index contributed by atoms with van der Waals surface area (Å²) in [5, 5.41) is 18.1. The molecule has 2 rings (SSSR count). The van der Waals surface area contributed by atoms with E-state index in [-0.39, 0.29) is 5.41 Å². The van der Waals surface area contributed by atoms with Gasteiger partial charge in [-0.25, -0.2) is 0 Å². The Bertz CT molecular complexity index is 226. The molecule has 0 spiro atoms. The molecule has 2 N–H and O–H groups in total. The first-order valence-electron chi connectivity index (χ1n) is 4.89. The maximum Gasteiger partial charge on any atom is 0.107 e. The van der Waals surface area contributed by atoms with Crippen LogP contribution in [0.25, 0.3) is 0 Å². The van der Waals surface area contributed by atoms with Gasteiger partial charge in [0, 0.05) is 11.1 Å². The van der Waals surface area contributed by atoms with E-state index in [2.05, 4.69) is 6.92 Å². The summed E-state index contributed by atoms with van der Waals surface area (Å²) in [6, 6.07) is 0. The second-order valence-corrected chi connectivity index (χ2v) is 4.61. The smallest absolute Gasteiger partial charge is 0.107 e. The van der Waals surface area contributed by atoms with Gasteiger partial charge in [-0.15, -0.1) is 0 Å². The van der Waals surface area contributed by atoms with Crippen molar-refractivity contribution < 1.29 is 5.11 Å². The van der Waals surface area contributed by atoms with Gasteiger partial charge in [-0.1, -0.05) is 19.8 Å². The van der Waals surface area contributed by atoms with Crippen LogP contribution < -0.4 is 0 Å². The first-order chi connectivity index (χ1) is 5.58. The molecule has 2 atom stereocenters. The number of nitrogens with one attached hydrogen (secondary N) is 1. The Kier molecular flexibility index (Phi) is 1.59. The topological polar surface area (TPSA) is 44.1 Å². The minimum atomic E-state index is -0.731. The van der Waals surface area contributed by atoms with Crippen molar-refractivity contribution in [1.82, 2.24) is 0 Å². The van der Waals surface area contributed by atoms with E-state index in [1.165, 1.54) is 6.42 Å². The van der Waals surface area contributed by atoms with Crippen LogP contribution in [0.3, 0.4) is 0 Å². The second-order valence-electron chi connectivity index (χ2n) is 4.61. The highest BCUT2D eigenvalue weighted by Gasteiger charge is 2.54. The number of hydrogen-bond donors (Lipinski definition) is 2. The second kappa shape index (κ2) is 2.32. The van der Waals surface area contributed by atoms with Crippen LogP contribution in [0.1, 0.15) is 45.4 Å². The molecule has 0 aliphatic heterocycles. The van der Waals surface area contributed by atoms with E-state index in [9.17, 15) is 5.11 Å². The SMILES string of the molecule is CC12CCCCC1(O)C(=N)CC2. The van der Waals surface area contributed by atoms with Crippen LogP contribution in [0.4, 0.5) is 0 Å². The van der Waals surface area contributed by atoms with E-state index in [1.807, 2.05) is 0 Å². The highest BCUT2D eigenvalue weighted by Crippen LogP contribution is 2.52. The van der Waals surface area contributed by atoms with Crippen molar-refractivity contribution in [3.63, 3.8) is 0 Å². The molecule has 0 radical (unpaired) electrons. The third kappa shape index (κ3) is 0.817. The summed E-state index contributed by atoms with van der Waals surface area (Å²) in [6.07, 6.45) is 6.07. The van der Waals surface area contributed by atoms with Crippen LogP contribution in [-0.2, 0) is 0 Å². The number of aliphatic hydroxyl groups is 1. The van der Waals surface area contributed by atoms with E-state index >= 15 is 0 Å². The molecule has 2 nitrogen and oxygen atoms in total. The average Bonchev–Trinajstić information content (AvgIpc) is 2.28. The maximum absolute atomic E-state index is 10.3. The number of hydrogen-bond acceptors (Lipinski definition) is 2. The first-order valence-corrected chi connectivity index (χ1v) is 4.89. The van der Waals surface area contributed by atoms with Gasteiger partial charge < -0.3 is 10.5 Å². The Balaban J connectivity index is 2.35. The molecule has 0 aromatic carbocycles. The first kappa shape index (κ1) is 8.24. The van der Waals surface area contributed by atoms with Gasteiger partial charge in [-0.2, -0.15) is 0 Å². The van der Waals surface area contributed by atoms with Crippen LogP contribution in [0, 0.1) is 10.8 Å². The summed E-state index contributed by atoms with van der Waals surface area (Å²) >= 11 is 0. The zero-order chi connectivity index (χ0) is 8.82. The molecule has 2 unspecified atom stereocenters. The molecule has 0 saturated heterocycles. The maximum atomic E-state index is 10.3. The quantitative estimate of drug-likeness (QED) is 0.570. The van der Waals surface area contributed by atoms with E-state index in [0.29, 0.717) is 5.71 Å². The van der Waals surface area contributed by atoms with Gasteiger partial charge in [0.25, 0.3) is 0 Å². The van der Waals surface area contributed by atoms with Crippen molar-refractivity contribution in [1.29, 1.82) is 5.41 Å². The molecule has 0 amide bonds. The lowest BCUT2D eigenvalue weighted by atomic mass is 9.66. The summed E-state index contributed by atoms with van der Waals surface area (Å²) in [6.45, 7) is 2.15. The fourth-order valence-electron chi connectivity index (χ4n) is 2.86. The zero-order valence-electron chi connectivity index (χ0n) is 7.69. The standard InChI is InChI=1S/C10H17NO/c1-9-5-2-3-6-10(9,12)8(11)4-7-9/h11-12H,2-7H2,1H3. The molecular weight excluding hydrogens is 150 g/mol. The molecule has 0 aromatic heterocycles. The van der Waals surface area contributed by atoms with Gasteiger partial charge in [0.1, 0.15) is 5.60 Å². The van der Waals surface area contributed by atoms with Crippen LogP contribution in [0.5, 0.6) is 0 Å². The van der Waals surface area contributed by atoms with E-state index < -0.39 is 5.60 Å². The van der Waals surface area contributed by atoms with Crippen molar-refractivity contribution in [2.24, 2.45) is 5.41 Å². The Morgan fingerprint density at radius 2 is 1.92 bits per heavy atom. The number of rotatable bonds is 0. The Morgan fingerprint density at radius 3 is 2.58 bits per heavy atom. The Morgan fingerprint density at radius 1 is 1.25 bits per heavy atom. The number of fused-ring (bicyclic) bond motifs is 1. The summed E-state index contributed by atoms with van der Waals surface area (Å²) in [5.41, 5.74) is -0.113. The summed E-state index contributed by atoms with van der Waals surface area (Å²) in [4.78, 5) is 0. The van der Waals surface area contributed by atoms with Gasteiger partial charge in [0.05, 0.1) is 0 Å². The van der Waals surface area contributed by atoms with Gasteiger partial charge in [-0.05, 0) is 25.7 Å². The third-order valence-electron chi connectivity index (χ3n) is 3.94. The largest absolute Gasteiger partial charge is 0.383 e. The molecule has 2 fully saturated rings. The van der Waals surface area contributed by atoms with Crippen molar-refractivity contribution in [2.75, 3.05) is 0 Å². The summed E-state index contributed by atoms with van der Waals surface area (Å²) in [7, 11) is 0. The van der Waals surface area contributed by atoms with Crippen LogP contribution in [-0.4, -0.2) is 16.4 Å². The molecule has 0 aromatic rings. The predicted molar refractivity (Wildman–Crippen MR) is 48.5 cm³/mol. The van der Waals surface area contributed by atoms with Crippen molar-refractivity contribution in [2.45, 2.75) is 51.0 Å². The molecule has 68 valence electrons. The van der Waals surface area contributed by atoms with Crippen molar-refractivity contribution in [3.8, 4) is 0 Å². The molecule has 2 aliphatic rings.